The quantitative estimate of drug-likeness (QED) is 0.421. The highest BCUT2D eigenvalue weighted by Crippen LogP contribution is 2.35. The van der Waals surface area contributed by atoms with E-state index >= 15 is 0 Å². The fourth-order valence-corrected chi connectivity index (χ4v) is 2.78. The fourth-order valence-electron chi connectivity index (χ4n) is 2.78. The summed E-state index contributed by atoms with van der Waals surface area (Å²) >= 11 is 0. The van der Waals surface area contributed by atoms with E-state index in [9.17, 15) is 24.3 Å². The van der Waals surface area contributed by atoms with Gasteiger partial charge in [0.25, 0.3) is 0 Å². The zero-order valence-corrected chi connectivity index (χ0v) is 17.4. The van der Waals surface area contributed by atoms with E-state index in [2.05, 4.69) is 0 Å². The largest absolute Gasteiger partial charge is 0.508 e. The second kappa shape index (κ2) is 11.8. The van der Waals surface area contributed by atoms with Gasteiger partial charge in [0.2, 0.25) is 0 Å². The number of aliphatic carboxylic acids is 1. The summed E-state index contributed by atoms with van der Waals surface area (Å²) < 4.78 is 20.0. The van der Waals surface area contributed by atoms with Crippen LogP contribution in [0.1, 0.15) is 45.6 Å². The van der Waals surface area contributed by atoms with E-state index in [1.165, 1.54) is 32.0 Å². The van der Waals surface area contributed by atoms with Crippen molar-refractivity contribution in [2.45, 2.75) is 46.1 Å². The van der Waals surface area contributed by atoms with Crippen molar-refractivity contribution >= 4 is 24.1 Å². The van der Waals surface area contributed by atoms with Crippen molar-refractivity contribution in [3.8, 4) is 11.5 Å². The Kier molecular flexibility index (Phi) is 9.76. The lowest BCUT2D eigenvalue weighted by molar-refractivity contribution is -0.139. The Hall–Kier alpha value is -3.14. The zero-order chi connectivity index (χ0) is 22.8. The van der Waals surface area contributed by atoms with Crippen LogP contribution in [0.15, 0.2) is 18.2 Å². The summed E-state index contributed by atoms with van der Waals surface area (Å²) in [6, 6.07) is 2.91. The molecule has 1 aromatic rings. The van der Waals surface area contributed by atoms with Crippen LogP contribution in [0.5, 0.6) is 11.5 Å². The van der Waals surface area contributed by atoms with E-state index in [0.29, 0.717) is 12.0 Å². The van der Waals surface area contributed by atoms with Gasteiger partial charge in [-0.15, -0.1) is 0 Å². The number of carbonyl (C=O) groups excluding carboxylic acids is 3. The summed E-state index contributed by atoms with van der Waals surface area (Å²) in [5.41, 5.74) is 6.28. The highest BCUT2D eigenvalue weighted by atomic mass is 16.7. The molecule has 166 valence electrons. The molecule has 1 aromatic carbocycles. The number of benzene rings is 1. The standard InChI is InChI=1S/C20H27NO9/c1-5-8-27-20(26)28-10-11(2)17(18(21)19(24)25)14-6-7-15(29-12(3)22)16(9-14)30-13(4)23/h6-7,9,11,17-18H,5,8,10,21H2,1-4H3,(H,24,25)/t11?,17?,18-/m0/s1. The van der Waals surface area contributed by atoms with Gasteiger partial charge in [-0.05, 0) is 30.0 Å². The van der Waals surface area contributed by atoms with Gasteiger partial charge in [-0.2, -0.15) is 0 Å². The Labute approximate surface area is 174 Å². The van der Waals surface area contributed by atoms with Crippen LogP contribution in [-0.2, 0) is 23.9 Å². The molecule has 0 amide bonds. The van der Waals surface area contributed by atoms with Crippen LogP contribution in [-0.4, -0.2) is 48.4 Å². The van der Waals surface area contributed by atoms with Crippen LogP contribution in [0.2, 0.25) is 0 Å². The first-order valence-electron chi connectivity index (χ1n) is 9.35. The maximum absolute atomic E-state index is 11.6. The average molecular weight is 425 g/mol. The van der Waals surface area contributed by atoms with Crippen molar-refractivity contribution in [3.63, 3.8) is 0 Å². The monoisotopic (exact) mass is 425 g/mol. The zero-order valence-electron chi connectivity index (χ0n) is 17.4. The van der Waals surface area contributed by atoms with Crippen LogP contribution in [0.25, 0.3) is 0 Å². The predicted molar refractivity (Wildman–Crippen MR) is 104 cm³/mol. The average Bonchev–Trinajstić information content (AvgIpc) is 2.65. The van der Waals surface area contributed by atoms with Gasteiger partial charge < -0.3 is 29.8 Å². The van der Waals surface area contributed by atoms with Crippen molar-refractivity contribution in [2.75, 3.05) is 13.2 Å². The molecule has 1 rings (SSSR count). The molecule has 2 unspecified atom stereocenters. The summed E-state index contributed by atoms with van der Waals surface area (Å²) in [6.45, 7) is 5.90. The third kappa shape index (κ3) is 7.70. The van der Waals surface area contributed by atoms with Crippen molar-refractivity contribution in [2.24, 2.45) is 11.7 Å². The smallest absolute Gasteiger partial charge is 0.480 e. The Balaban J connectivity index is 3.20. The molecular formula is C20H27NO9. The molecule has 10 heteroatoms. The minimum Gasteiger partial charge on any atom is -0.480 e. The lowest BCUT2D eigenvalue weighted by atomic mass is 9.82. The van der Waals surface area contributed by atoms with E-state index in [4.69, 9.17) is 24.7 Å². The highest BCUT2D eigenvalue weighted by Gasteiger charge is 2.32. The lowest BCUT2D eigenvalue weighted by Gasteiger charge is -2.27. The van der Waals surface area contributed by atoms with Gasteiger partial charge in [0.1, 0.15) is 6.04 Å². The number of carboxylic acids is 1. The number of carboxylic acid groups (broad SMARTS) is 1. The van der Waals surface area contributed by atoms with Gasteiger partial charge in [0, 0.05) is 19.8 Å². The van der Waals surface area contributed by atoms with Gasteiger partial charge in [-0.1, -0.05) is 19.9 Å². The first kappa shape index (κ1) is 24.9. The van der Waals surface area contributed by atoms with Crippen LogP contribution >= 0.6 is 0 Å². The van der Waals surface area contributed by atoms with Gasteiger partial charge in [-0.3, -0.25) is 14.4 Å². The number of ether oxygens (including phenoxy) is 4. The van der Waals surface area contributed by atoms with Gasteiger partial charge in [0.15, 0.2) is 11.5 Å². The molecule has 0 radical (unpaired) electrons. The predicted octanol–water partition coefficient (Wildman–Crippen LogP) is 2.23. The number of esters is 2. The van der Waals surface area contributed by atoms with E-state index in [0.717, 1.165) is 0 Å². The topological polar surface area (TPSA) is 151 Å². The van der Waals surface area contributed by atoms with E-state index < -0.39 is 41.9 Å². The van der Waals surface area contributed by atoms with Crippen molar-refractivity contribution in [1.82, 2.24) is 0 Å². The minimum absolute atomic E-state index is 0.00357. The molecule has 0 bridgehead atoms. The first-order valence-corrected chi connectivity index (χ1v) is 9.35. The molecule has 0 fully saturated rings. The molecule has 0 heterocycles. The molecule has 0 aliphatic carbocycles. The van der Waals surface area contributed by atoms with E-state index in [1.807, 2.05) is 6.92 Å². The molecule has 0 aromatic heterocycles. The summed E-state index contributed by atoms with van der Waals surface area (Å²) in [5.74, 6) is -3.96. The maximum atomic E-state index is 11.6. The van der Waals surface area contributed by atoms with Crippen LogP contribution in [0.4, 0.5) is 4.79 Å². The molecule has 0 aliphatic rings. The third-order valence-corrected chi connectivity index (χ3v) is 4.03. The number of nitrogens with two attached hydrogens (primary N) is 1. The molecule has 3 atom stereocenters. The highest BCUT2D eigenvalue weighted by molar-refractivity contribution is 5.76. The minimum atomic E-state index is -1.35. The van der Waals surface area contributed by atoms with Gasteiger partial charge in [0.05, 0.1) is 13.2 Å². The molecule has 0 spiro atoms. The third-order valence-electron chi connectivity index (χ3n) is 4.03. The first-order chi connectivity index (χ1) is 14.1. The molecule has 3 N–H and O–H groups in total. The molecule has 0 saturated carbocycles. The van der Waals surface area contributed by atoms with Crippen molar-refractivity contribution < 1.29 is 43.2 Å². The number of hydrogen-bond donors (Lipinski definition) is 2. The van der Waals surface area contributed by atoms with E-state index in [1.54, 1.807) is 6.92 Å². The second-order valence-electron chi connectivity index (χ2n) is 6.67. The molecule has 30 heavy (non-hydrogen) atoms. The molecule has 0 saturated heterocycles. The van der Waals surface area contributed by atoms with Crippen LogP contribution in [0.3, 0.4) is 0 Å². The van der Waals surface area contributed by atoms with E-state index in [-0.39, 0.29) is 24.7 Å². The maximum Gasteiger partial charge on any atom is 0.508 e. The Morgan fingerprint density at radius 3 is 2.17 bits per heavy atom. The lowest BCUT2D eigenvalue weighted by Crippen LogP contribution is -2.40. The Morgan fingerprint density at radius 1 is 1.03 bits per heavy atom. The van der Waals surface area contributed by atoms with Crippen LogP contribution in [0, 0.1) is 5.92 Å². The number of hydrogen-bond acceptors (Lipinski definition) is 9. The SMILES string of the molecule is CCCOC(=O)OCC(C)C(c1ccc(OC(C)=O)c(OC(C)=O)c1)[C@H](N)C(=O)O. The summed E-state index contributed by atoms with van der Waals surface area (Å²) in [4.78, 5) is 45.9. The van der Waals surface area contributed by atoms with Crippen molar-refractivity contribution in [1.29, 1.82) is 0 Å². The van der Waals surface area contributed by atoms with Gasteiger partial charge in [-0.25, -0.2) is 4.79 Å². The number of rotatable bonds is 10. The fraction of sp³-hybridized carbons (Fsp3) is 0.500. The molecule has 0 aliphatic heterocycles. The number of carbonyl (C=O) groups is 4. The normalized spacial score (nSPS) is 13.5. The summed E-state index contributed by atoms with van der Waals surface area (Å²) in [7, 11) is 0. The molecular weight excluding hydrogens is 398 g/mol. The Morgan fingerprint density at radius 2 is 1.63 bits per heavy atom. The summed E-state index contributed by atoms with van der Waals surface area (Å²) in [6.07, 6.45) is -0.234. The van der Waals surface area contributed by atoms with Crippen LogP contribution < -0.4 is 15.2 Å². The van der Waals surface area contributed by atoms with Crippen molar-refractivity contribution in [3.05, 3.63) is 23.8 Å². The Bertz CT molecular complexity index is 778. The molecule has 10 nitrogen and oxygen atoms in total. The van der Waals surface area contributed by atoms with Gasteiger partial charge >= 0.3 is 24.1 Å². The summed E-state index contributed by atoms with van der Waals surface area (Å²) in [5, 5.41) is 9.43. The second-order valence-corrected chi connectivity index (χ2v) is 6.67.